The van der Waals surface area contributed by atoms with E-state index in [0.29, 0.717) is 11.8 Å². The lowest BCUT2D eigenvalue weighted by Gasteiger charge is -2.28. The molecule has 124 valence electrons. The molecule has 2 fully saturated rings. The predicted molar refractivity (Wildman–Crippen MR) is 99.3 cm³/mol. The van der Waals surface area contributed by atoms with Crippen LogP contribution in [0.2, 0.25) is 0 Å². The van der Waals surface area contributed by atoms with Crippen molar-refractivity contribution in [1.82, 2.24) is 5.32 Å². The van der Waals surface area contributed by atoms with Crippen molar-refractivity contribution in [2.24, 2.45) is 17.8 Å². The first-order valence-electron chi connectivity index (χ1n) is 8.81. The molecule has 1 aromatic rings. The third-order valence-electron chi connectivity index (χ3n) is 5.38. The Kier molecular flexibility index (Phi) is 5.82. The molecule has 1 N–H and O–H groups in total. The minimum Gasteiger partial charge on any atom is -0.353 e. The normalized spacial score (nSPS) is 27.4. The van der Waals surface area contributed by atoms with E-state index < -0.39 is 0 Å². The van der Waals surface area contributed by atoms with Gasteiger partial charge in [-0.1, -0.05) is 48.9 Å². The molecule has 0 radical (unpaired) electrons. The number of amides is 1. The quantitative estimate of drug-likeness (QED) is 0.752. The fourth-order valence-corrected chi connectivity index (χ4v) is 4.90. The van der Waals surface area contributed by atoms with Gasteiger partial charge in [0.05, 0.1) is 5.75 Å². The maximum atomic E-state index is 12.1. The number of rotatable bonds is 7. The van der Waals surface area contributed by atoms with Gasteiger partial charge < -0.3 is 5.32 Å². The SMILES string of the molecule is CC(NC(=O)CSC/C=C/c1ccccc1)C1CC2CCC1C2. The maximum Gasteiger partial charge on any atom is 0.230 e. The van der Waals surface area contributed by atoms with Crippen LogP contribution in [0.3, 0.4) is 0 Å². The van der Waals surface area contributed by atoms with Gasteiger partial charge in [0.25, 0.3) is 0 Å². The third-order valence-corrected chi connectivity index (χ3v) is 6.28. The molecule has 0 spiro atoms. The van der Waals surface area contributed by atoms with Crippen molar-refractivity contribution in [1.29, 1.82) is 0 Å². The Balaban J connectivity index is 1.33. The highest BCUT2D eigenvalue weighted by molar-refractivity contribution is 8.00. The number of carbonyl (C=O) groups excluding carboxylic acids is 1. The topological polar surface area (TPSA) is 29.1 Å². The van der Waals surface area contributed by atoms with Crippen LogP contribution in [0.4, 0.5) is 0 Å². The summed E-state index contributed by atoms with van der Waals surface area (Å²) in [5.74, 6) is 4.17. The Morgan fingerprint density at radius 2 is 2.13 bits per heavy atom. The molecule has 0 heterocycles. The average molecular weight is 330 g/mol. The van der Waals surface area contributed by atoms with Crippen LogP contribution < -0.4 is 5.32 Å². The molecule has 2 aliphatic rings. The molecule has 1 aromatic carbocycles. The van der Waals surface area contributed by atoms with Gasteiger partial charge in [-0.2, -0.15) is 0 Å². The highest BCUT2D eigenvalue weighted by Crippen LogP contribution is 2.49. The zero-order valence-electron chi connectivity index (χ0n) is 13.9. The zero-order valence-corrected chi connectivity index (χ0v) is 14.7. The van der Waals surface area contributed by atoms with Crippen molar-refractivity contribution in [2.75, 3.05) is 11.5 Å². The van der Waals surface area contributed by atoms with Crippen molar-refractivity contribution >= 4 is 23.7 Å². The van der Waals surface area contributed by atoms with Crippen LogP contribution in [0.15, 0.2) is 36.4 Å². The van der Waals surface area contributed by atoms with Gasteiger partial charge in [0.1, 0.15) is 0 Å². The molecular formula is C20H27NOS. The van der Waals surface area contributed by atoms with Crippen molar-refractivity contribution < 1.29 is 4.79 Å². The first-order valence-corrected chi connectivity index (χ1v) is 9.96. The van der Waals surface area contributed by atoms with Crippen LogP contribution in [-0.4, -0.2) is 23.5 Å². The molecule has 2 bridgehead atoms. The van der Waals surface area contributed by atoms with E-state index in [0.717, 1.165) is 23.5 Å². The first-order chi connectivity index (χ1) is 11.2. The molecule has 0 aromatic heterocycles. The first kappa shape index (κ1) is 16.6. The molecule has 2 saturated carbocycles. The lowest BCUT2D eigenvalue weighted by atomic mass is 9.84. The lowest BCUT2D eigenvalue weighted by molar-refractivity contribution is -0.119. The van der Waals surface area contributed by atoms with Gasteiger partial charge in [-0.25, -0.2) is 0 Å². The Labute approximate surface area is 144 Å². The molecular weight excluding hydrogens is 302 g/mol. The van der Waals surface area contributed by atoms with Crippen LogP contribution in [0.25, 0.3) is 6.08 Å². The minimum absolute atomic E-state index is 0.193. The van der Waals surface area contributed by atoms with Crippen LogP contribution in [0.5, 0.6) is 0 Å². The van der Waals surface area contributed by atoms with E-state index in [1.807, 2.05) is 18.2 Å². The summed E-state index contributed by atoms with van der Waals surface area (Å²) in [7, 11) is 0. The molecule has 3 heteroatoms. The van der Waals surface area contributed by atoms with Crippen molar-refractivity contribution in [3.8, 4) is 0 Å². The fourth-order valence-electron chi connectivity index (χ4n) is 4.28. The van der Waals surface area contributed by atoms with E-state index >= 15 is 0 Å². The van der Waals surface area contributed by atoms with E-state index in [1.165, 1.54) is 31.2 Å². The van der Waals surface area contributed by atoms with Crippen molar-refractivity contribution in [3.63, 3.8) is 0 Å². The summed E-state index contributed by atoms with van der Waals surface area (Å²) in [6.45, 7) is 2.20. The highest BCUT2D eigenvalue weighted by Gasteiger charge is 2.41. The summed E-state index contributed by atoms with van der Waals surface area (Å²) in [4.78, 5) is 12.1. The number of nitrogens with one attached hydrogen (secondary N) is 1. The van der Waals surface area contributed by atoms with E-state index in [2.05, 4.69) is 36.5 Å². The fraction of sp³-hybridized carbons (Fsp3) is 0.550. The summed E-state index contributed by atoms with van der Waals surface area (Å²) in [6.07, 6.45) is 9.79. The summed E-state index contributed by atoms with van der Waals surface area (Å²) < 4.78 is 0. The highest BCUT2D eigenvalue weighted by atomic mass is 32.2. The number of hydrogen-bond donors (Lipinski definition) is 1. The second kappa shape index (κ2) is 8.05. The number of benzene rings is 1. The van der Waals surface area contributed by atoms with Gasteiger partial charge in [-0.3, -0.25) is 4.79 Å². The van der Waals surface area contributed by atoms with Crippen LogP contribution >= 0.6 is 11.8 Å². The van der Waals surface area contributed by atoms with Crippen LogP contribution in [-0.2, 0) is 4.79 Å². The summed E-state index contributed by atoms with van der Waals surface area (Å²) in [5.41, 5.74) is 1.21. The second-order valence-electron chi connectivity index (χ2n) is 7.02. The molecule has 4 atom stereocenters. The van der Waals surface area contributed by atoms with E-state index in [4.69, 9.17) is 0 Å². The maximum absolute atomic E-state index is 12.1. The molecule has 0 aliphatic heterocycles. The van der Waals surface area contributed by atoms with Gasteiger partial charge in [0, 0.05) is 11.8 Å². The summed E-state index contributed by atoms with van der Waals surface area (Å²) in [6, 6.07) is 10.6. The summed E-state index contributed by atoms with van der Waals surface area (Å²) in [5, 5.41) is 3.23. The standard InChI is InChI=1S/C20H27NOS/c1-15(19-13-17-9-10-18(19)12-17)21-20(22)14-23-11-5-8-16-6-3-2-4-7-16/h2-8,15,17-19H,9-14H2,1H3,(H,21,22)/b8-5+. The van der Waals surface area contributed by atoms with Gasteiger partial charge in [-0.05, 0) is 49.5 Å². The molecule has 0 saturated heterocycles. The zero-order chi connectivity index (χ0) is 16.1. The lowest BCUT2D eigenvalue weighted by Crippen LogP contribution is -2.40. The Bertz CT molecular complexity index is 542. The van der Waals surface area contributed by atoms with E-state index in [1.54, 1.807) is 11.8 Å². The minimum atomic E-state index is 0.193. The van der Waals surface area contributed by atoms with E-state index in [9.17, 15) is 4.79 Å². The van der Waals surface area contributed by atoms with E-state index in [-0.39, 0.29) is 5.91 Å². The monoisotopic (exact) mass is 329 g/mol. The molecule has 4 unspecified atom stereocenters. The number of fused-ring (bicyclic) bond motifs is 2. The molecule has 23 heavy (non-hydrogen) atoms. The van der Waals surface area contributed by atoms with Crippen LogP contribution in [0, 0.1) is 17.8 Å². The van der Waals surface area contributed by atoms with Gasteiger partial charge in [0.15, 0.2) is 0 Å². The average Bonchev–Trinajstić information content (AvgIpc) is 3.18. The number of hydrogen-bond acceptors (Lipinski definition) is 2. The molecule has 2 nitrogen and oxygen atoms in total. The van der Waals surface area contributed by atoms with Gasteiger partial charge in [-0.15, -0.1) is 11.8 Å². The predicted octanol–water partition coefficient (Wildman–Crippen LogP) is 4.37. The second-order valence-corrected chi connectivity index (χ2v) is 8.05. The molecule has 2 aliphatic carbocycles. The van der Waals surface area contributed by atoms with Crippen molar-refractivity contribution in [2.45, 2.75) is 38.6 Å². The molecule has 3 rings (SSSR count). The Morgan fingerprint density at radius 1 is 1.30 bits per heavy atom. The smallest absolute Gasteiger partial charge is 0.230 e. The Morgan fingerprint density at radius 3 is 2.83 bits per heavy atom. The van der Waals surface area contributed by atoms with Gasteiger partial charge >= 0.3 is 0 Å². The number of thioether (sulfide) groups is 1. The van der Waals surface area contributed by atoms with Crippen LogP contribution in [0.1, 0.15) is 38.2 Å². The van der Waals surface area contributed by atoms with Crippen molar-refractivity contribution in [3.05, 3.63) is 42.0 Å². The number of carbonyl (C=O) groups is 1. The third kappa shape index (κ3) is 4.63. The largest absolute Gasteiger partial charge is 0.353 e. The van der Waals surface area contributed by atoms with Gasteiger partial charge in [0.2, 0.25) is 5.91 Å². The Hall–Kier alpha value is -1.22. The summed E-state index contributed by atoms with van der Waals surface area (Å²) >= 11 is 1.68. The molecule has 1 amide bonds.